The van der Waals surface area contributed by atoms with Crippen molar-refractivity contribution in [1.29, 1.82) is 0 Å². The van der Waals surface area contributed by atoms with Crippen molar-refractivity contribution < 1.29 is 4.79 Å². The third-order valence-corrected chi connectivity index (χ3v) is 3.47. The van der Waals surface area contributed by atoms with Gasteiger partial charge in [0.25, 0.3) is 5.91 Å². The molecule has 0 heterocycles. The number of carbonyl (C=O) groups excluding carboxylic acids is 1. The van der Waals surface area contributed by atoms with Gasteiger partial charge >= 0.3 is 0 Å². The van der Waals surface area contributed by atoms with Gasteiger partial charge in [-0.1, -0.05) is 34.1 Å². The minimum atomic E-state index is -0.198. The number of nitrogens with two attached hydrogens (primary N) is 1. The first-order chi connectivity index (χ1) is 8.99. The number of aryl methyl sites for hydroxylation is 2. The lowest BCUT2D eigenvalue weighted by molar-refractivity contribution is 0.102. The van der Waals surface area contributed by atoms with Crippen LogP contribution in [0.3, 0.4) is 0 Å². The van der Waals surface area contributed by atoms with E-state index in [1.807, 2.05) is 38.1 Å². The Morgan fingerprint density at radius 2 is 1.79 bits per heavy atom. The Hall–Kier alpha value is -1.81. The molecule has 0 aliphatic carbocycles. The van der Waals surface area contributed by atoms with Crippen molar-refractivity contribution in [2.24, 2.45) is 0 Å². The lowest BCUT2D eigenvalue weighted by Crippen LogP contribution is -2.15. The van der Waals surface area contributed by atoms with E-state index in [1.54, 1.807) is 12.1 Å². The van der Waals surface area contributed by atoms with Crippen molar-refractivity contribution in [2.75, 3.05) is 11.1 Å². The van der Waals surface area contributed by atoms with E-state index in [2.05, 4.69) is 21.2 Å². The molecule has 98 valence electrons. The zero-order chi connectivity index (χ0) is 14.0. The number of amides is 1. The Morgan fingerprint density at radius 3 is 2.42 bits per heavy atom. The Bertz CT molecular complexity index is 618. The normalized spacial score (nSPS) is 10.3. The first kappa shape index (κ1) is 13.6. The Kier molecular flexibility index (Phi) is 3.90. The molecule has 0 aliphatic heterocycles. The summed E-state index contributed by atoms with van der Waals surface area (Å²) in [6, 6.07) is 11.1. The van der Waals surface area contributed by atoms with E-state index in [0.717, 1.165) is 21.3 Å². The Labute approximate surface area is 121 Å². The molecular formula is C15H15BrN2O. The number of nitrogen functional groups attached to an aromatic ring is 1. The fourth-order valence-electron chi connectivity index (χ4n) is 1.92. The molecule has 3 nitrogen and oxygen atoms in total. The van der Waals surface area contributed by atoms with Crippen LogP contribution in [-0.2, 0) is 0 Å². The van der Waals surface area contributed by atoms with Gasteiger partial charge in [-0.05, 0) is 43.2 Å². The van der Waals surface area contributed by atoms with Crippen LogP contribution >= 0.6 is 15.9 Å². The maximum Gasteiger partial charge on any atom is 0.257 e. The van der Waals surface area contributed by atoms with Gasteiger partial charge in [0.1, 0.15) is 0 Å². The van der Waals surface area contributed by atoms with E-state index in [1.165, 1.54) is 0 Å². The fourth-order valence-corrected chi connectivity index (χ4v) is 2.28. The smallest absolute Gasteiger partial charge is 0.257 e. The summed E-state index contributed by atoms with van der Waals surface area (Å²) >= 11 is 3.34. The van der Waals surface area contributed by atoms with Crippen molar-refractivity contribution in [3.05, 3.63) is 57.6 Å². The van der Waals surface area contributed by atoms with Crippen molar-refractivity contribution in [2.45, 2.75) is 13.8 Å². The molecule has 2 aromatic rings. The molecule has 3 N–H and O–H groups in total. The summed E-state index contributed by atoms with van der Waals surface area (Å²) in [6.45, 7) is 3.93. The van der Waals surface area contributed by atoms with Gasteiger partial charge in [-0.2, -0.15) is 0 Å². The second kappa shape index (κ2) is 5.45. The van der Waals surface area contributed by atoms with E-state index in [0.29, 0.717) is 11.3 Å². The molecule has 0 radical (unpaired) electrons. The molecular weight excluding hydrogens is 304 g/mol. The van der Waals surface area contributed by atoms with Gasteiger partial charge in [-0.3, -0.25) is 4.79 Å². The zero-order valence-corrected chi connectivity index (χ0v) is 12.4. The monoisotopic (exact) mass is 318 g/mol. The molecule has 0 fully saturated rings. The quantitative estimate of drug-likeness (QED) is 0.825. The fraction of sp³-hybridized carbons (Fsp3) is 0.133. The molecule has 0 saturated carbocycles. The van der Waals surface area contributed by atoms with E-state index in [4.69, 9.17) is 5.73 Å². The third-order valence-electron chi connectivity index (χ3n) is 2.98. The predicted molar refractivity (Wildman–Crippen MR) is 82.4 cm³/mol. The lowest BCUT2D eigenvalue weighted by atomic mass is 10.1. The summed E-state index contributed by atoms with van der Waals surface area (Å²) in [4.78, 5) is 12.3. The Balaban J connectivity index is 2.34. The van der Waals surface area contributed by atoms with Crippen LogP contribution in [0, 0.1) is 13.8 Å². The minimum absolute atomic E-state index is 0.198. The highest BCUT2D eigenvalue weighted by Gasteiger charge is 2.12. The maximum atomic E-state index is 12.3. The highest BCUT2D eigenvalue weighted by molar-refractivity contribution is 9.10. The molecule has 0 aliphatic rings. The van der Waals surface area contributed by atoms with E-state index in [-0.39, 0.29) is 5.91 Å². The number of hydrogen-bond acceptors (Lipinski definition) is 2. The van der Waals surface area contributed by atoms with Gasteiger partial charge in [0, 0.05) is 15.8 Å². The lowest BCUT2D eigenvalue weighted by Gasteiger charge is -2.12. The number of carbonyl (C=O) groups is 1. The summed E-state index contributed by atoms with van der Waals surface area (Å²) < 4.78 is 0.827. The molecule has 0 unspecified atom stereocenters. The molecule has 19 heavy (non-hydrogen) atoms. The molecule has 2 rings (SSSR count). The maximum absolute atomic E-state index is 12.3. The first-order valence-corrected chi connectivity index (χ1v) is 6.71. The number of hydrogen-bond donors (Lipinski definition) is 2. The van der Waals surface area contributed by atoms with E-state index >= 15 is 0 Å². The van der Waals surface area contributed by atoms with Gasteiger partial charge in [0.2, 0.25) is 0 Å². The number of para-hydroxylation sites is 1. The molecule has 1 amide bonds. The van der Waals surface area contributed by atoms with Crippen LogP contribution < -0.4 is 11.1 Å². The molecule has 0 bridgehead atoms. The van der Waals surface area contributed by atoms with Crippen LogP contribution in [0.1, 0.15) is 21.5 Å². The van der Waals surface area contributed by atoms with Gasteiger partial charge < -0.3 is 11.1 Å². The summed E-state index contributed by atoms with van der Waals surface area (Å²) in [5.41, 5.74) is 9.67. The molecule has 0 spiro atoms. The van der Waals surface area contributed by atoms with Crippen molar-refractivity contribution >= 4 is 33.2 Å². The highest BCUT2D eigenvalue weighted by atomic mass is 79.9. The standard InChI is InChI=1S/C15H15BrN2O/c1-9-4-3-5-10(2)14(9)18-15(19)12-8-11(16)6-7-13(12)17/h3-8H,17H2,1-2H3,(H,18,19). The highest BCUT2D eigenvalue weighted by Crippen LogP contribution is 2.23. The summed E-state index contributed by atoms with van der Waals surface area (Å²) in [6.07, 6.45) is 0. The van der Waals surface area contributed by atoms with E-state index < -0.39 is 0 Å². The number of benzene rings is 2. The van der Waals surface area contributed by atoms with Crippen molar-refractivity contribution in [3.8, 4) is 0 Å². The zero-order valence-electron chi connectivity index (χ0n) is 10.8. The molecule has 0 aromatic heterocycles. The van der Waals surface area contributed by atoms with E-state index in [9.17, 15) is 4.79 Å². The van der Waals surface area contributed by atoms with Crippen LogP contribution in [-0.4, -0.2) is 5.91 Å². The SMILES string of the molecule is Cc1cccc(C)c1NC(=O)c1cc(Br)ccc1N. The number of anilines is 2. The van der Waals surface area contributed by atoms with Crippen LogP contribution in [0.4, 0.5) is 11.4 Å². The van der Waals surface area contributed by atoms with Crippen LogP contribution in [0.25, 0.3) is 0 Å². The largest absolute Gasteiger partial charge is 0.398 e. The number of halogens is 1. The number of rotatable bonds is 2. The second-order valence-corrected chi connectivity index (χ2v) is 5.37. The average Bonchev–Trinajstić information content (AvgIpc) is 2.37. The minimum Gasteiger partial charge on any atom is -0.398 e. The third kappa shape index (κ3) is 2.96. The molecule has 0 atom stereocenters. The summed E-state index contributed by atoms with van der Waals surface area (Å²) in [5.74, 6) is -0.198. The molecule has 0 saturated heterocycles. The summed E-state index contributed by atoms with van der Waals surface area (Å²) in [5, 5.41) is 2.92. The van der Waals surface area contributed by atoms with Gasteiger partial charge in [0.15, 0.2) is 0 Å². The van der Waals surface area contributed by atoms with Gasteiger partial charge in [0.05, 0.1) is 5.56 Å². The van der Waals surface area contributed by atoms with Crippen LogP contribution in [0.5, 0.6) is 0 Å². The predicted octanol–water partition coefficient (Wildman–Crippen LogP) is 3.90. The van der Waals surface area contributed by atoms with Crippen molar-refractivity contribution in [1.82, 2.24) is 0 Å². The Morgan fingerprint density at radius 1 is 1.16 bits per heavy atom. The first-order valence-electron chi connectivity index (χ1n) is 5.91. The van der Waals surface area contributed by atoms with Crippen LogP contribution in [0.15, 0.2) is 40.9 Å². The van der Waals surface area contributed by atoms with Crippen molar-refractivity contribution in [3.63, 3.8) is 0 Å². The van der Waals surface area contributed by atoms with Crippen LogP contribution in [0.2, 0.25) is 0 Å². The van der Waals surface area contributed by atoms with Gasteiger partial charge in [-0.15, -0.1) is 0 Å². The average molecular weight is 319 g/mol. The molecule has 4 heteroatoms. The number of nitrogens with one attached hydrogen (secondary N) is 1. The second-order valence-electron chi connectivity index (χ2n) is 4.45. The summed E-state index contributed by atoms with van der Waals surface area (Å²) in [7, 11) is 0. The van der Waals surface area contributed by atoms with Gasteiger partial charge in [-0.25, -0.2) is 0 Å². The molecule has 2 aromatic carbocycles. The topological polar surface area (TPSA) is 55.1 Å².